The predicted molar refractivity (Wildman–Crippen MR) is 60.6 cm³/mol. The molecule has 3 aromatic heterocycles. The maximum atomic E-state index is 13.1. The molecule has 84 valence electrons. The topological polar surface area (TPSA) is 69.1 Å². The van der Waals surface area contributed by atoms with Crippen LogP contribution < -0.4 is 5.73 Å². The number of hydrogen-bond acceptors (Lipinski definition) is 4. The lowest BCUT2D eigenvalue weighted by Gasteiger charge is -1.94. The minimum Gasteiger partial charge on any atom is -0.396 e. The van der Waals surface area contributed by atoms with Gasteiger partial charge in [0, 0.05) is 12.3 Å². The van der Waals surface area contributed by atoms with Gasteiger partial charge >= 0.3 is 0 Å². The molecule has 0 atom stereocenters. The fourth-order valence-corrected chi connectivity index (χ4v) is 1.58. The molecule has 2 N–H and O–H groups in total. The van der Waals surface area contributed by atoms with E-state index in [9.17, 15) is 4.39 Å². The van der Waals surface area contributed by atoms with Crippen LogP contribution in [-0.4, -0.2) is 19.6 Å². The molecule has 0 aliphatic carbocycles. The van der Waals surface area contributed by atoms with Crippen molar-refractivity contribution in [1.29, 1.82) is 0 Å². The van der Waals surface area contributed by atoms with Crippen LogP contribution in [0.15, 0.2) is 36.7 Å². The Labute approximate surface area is 95.7 Å². The van der Waals surface area contributed by atoms with Gasteiger partial charge in [-0.25, -0.2) is 13.9 Å². The number of nitrogen functional groups attached to an aromatic ring is 1. The Kier molecular flexibility index (Phi) is 2.01. The summed E-state index contributed by atoms with van der Waals surface area (Å²) in [5.41, 5.74) is 6.96. The van der Waals surface area contributed by atoms with Crippen molar-refractivity contribution in [1.82, 2.24) is 19.6 Å². The second kappa shape index (κ2) is 3.51. The Morgan fingerprint density at radius 3 is 2.94 bits per heavy atom. The fraction of sp³-hybridized carbons (Fsp3) is 0. The van der Waals surface area contributed by atoms with Crippen LogP contribution in [0.4, 0.5) is 10.1 Å². The van der Waals surface area contributed by atoms with Crippen LogP contribution >= 0.6 is 0 Å². The SMILES string of the molecule is Nc1cc(F)cn2nc(-c3ccccn3)nc12. The van der Waals surface area contributed by atoms with Gasteiger partial charge in [-0.05, 0) is 12.1 Å². The second-order valence-corrected chi connectivity index (χ2v) is 3.53. The highest BCUT2D eigenvalue weighted by molar-refractivity contribution is 5.66. The van der Waals surface area contributed by atoms with Gasteiger partial charge in [-0.2, -0.15) is 0 Å². The molecule has 0 saturated carbocycles. The van der Waals surface area contributed by atoms with E-state index in [1.165, 1.54) is 16.8 Å². The molecule has 0 amide bonds. The largest absolute Gasteiger partial charge is 0.396 e. The number of nitrogens with two attached hydrogens (primary N) is 1. The third kappa shape index (κ3) is 1.59. The van der Waals surface area contributed by atoms with Crippen LogP contribution in [0.25, 0.3) is 17.2 Å². The van der Waals surface area contributed by atoms with Crippen LogP contribution in [0, 0.1) is 5.82 Å². The van der Waals surface area contributed by atoms with E-state index in [0.29, 0.717) is 17.2 Å². The number of rotatable bonds is 1. The highest BCUT2D eigenvalue weighted by atomic mass is 19.1. The molecule has 17 heavy (non-hydrogen) atoms. The molecule has 0 bridgehead atoms. The van der Waals surface area contributed by atoms with E-state index in [2.05, 4.69) is 15.1 Å². The zero-order valence-corrected chi connectivity index (χ0v) is 8.71. The molecular formula is C11H8FN5. The van der Waals surface area contributed by atoms with Crippen molar-refractivity contribution in [3.63, 3.8) is 0 Å². The Morgan fingerprint density at radius 1 is 1.29 bits per heavy atom. The summed E-state index contributed by atoms with van der Waals surface area (Å²) in [6.07, 6.45) is 2.87. The number of aromatic nitrogens is 4. The van der Waals surface area contributed by atoms with Crippen molar-refractivity contribution >= 4 is 11.3 Å². The van der Waals surface area contributed by atoms with Crippen LogP contribution in [0.3, 0.4) is 0 Å². The standard InChI is InChI=1S/C11H8FN5/c12-7-5-8(13)11-15-10(16-17(11)6-7)9-3-1-2-4-14-9/h1-6H,13H2. The van der Waals surface area contributed by atoms with E-state index in [-0.39, 0.29) is 5.69 Å². The molecule has 0 aromatic carbocycles. The van der Waals surface area contributed by atoms with Gasteiger partial charge in [-0.15, -0.1) is 5.10 Å². The molecule has 0 aliphatic heterocycles. The highest BCUT2D eigenvalue weighted by Crippen LogP contribution is 2.17. The first-order chi connectivity index (χ1) is 8.24. The van der Waals surface area contributed by atoms with E-state index in [0.717, 1.165) is 0 Å². The molecule has 3 rings (SSSR count). The van der Waals surface area contributed by atoms with Crippen LogP contribution in [0.5, 0.6) is 0 Å². The van der Waals surface area contributed by atoms with Gasteiger partial charge in [0.15, 0.2) is 5.65 Å². The van der Waals surface area contributed by atoms with Gasteiger partial charge in [0.1, 0.15) is 11.5 Å². The second-order valence-electron chi connectivity index (χ2n) is 3.53. The Balaban J connectivity index is 2.24. The predicted octanol–water partition coefficient (Wildman–Crippen LogP) is 1.51. The summed E-state index contributed by atoms with van der Waals surface area (Å²) in [4.78, 5) is 8.34. The molecule has 0 saturated heterocycles. The number of hydrogen-bond donors (Lipinski definition) is 1. The fourth-order valence-electron chi connectivity index (χ4n) is 1.58. The molecular weight excluding hydrogens is 221 g/mol. The Bertz CT molecular complexity index is 677. The van der Waals surface area contributed by atoms with Crippen molar-refractivity contribution in [2.75, 3.05) is 5.73 Å². The Hall–Kier alpha value is -2.50. The van der Waals surface area contributed by atoms with Gasteiger partial charge in [-0.1, -0.05) is 6.07 Å². The number of nitrogens with zero attached hydrogens (tertiary/aromatic N) is 4. The minimum absolute atomic E-state index is 0.250. The van der Waals surface area contributed by atoms with E-state index >= 15 is 0 Å². The van der Waals surface area contributed by atoms with E-state index in [4.69, 9.17) is 5.73 Å². The van der Waals surface area contributed by atoms with E-state index in [1.54, 1.807) is 18.3 Å². The van der Waals surface area contributed by atoms with Gasteiger partial charge in [-0.3, -0.25) is 4.98 Å². The minimum atomic E-state index is -0.451. The summed E-state index contributed by atoms with van der Waals surface area (Å²) in [6.45, 7) is 0. The molecule has 0 unspecified atom stereocenters. The number of pyridine rings is 2. The lowest BCUT2D eigenvalue weighted by atomic mass is 10.3. The van der Waals surface area contributed by atoms with Crippen LogP contribution in [-0.2, 0) is 0 Å². The first-order valence-electron chi connectivity index (χ1n) is 4.97. The highest BCUT2D eigenvalue weighted by Gasteiger charge is 2.10. The van der Waals surface area contributed by atoms with Crippen LogP contribution in [0.2, 0.25) is 0 Å². The maximum Gasteiger partial charge on any atom is 0.200 e. The first-order valence-corrected chi connectivity index (χ1v) is 4.97. The summed E-state index contributed by atoms with van der Waals surface area (Å²) in [7, 11) is 0. The van der Waals surface area contributed by atoms with Crippen molar-refractivity contribution < 1.29 is 4.39 Å². The average molecular weight is 229 g/mol. The van der Waals surface area contributed by atoms with Crippen molar-refractivity contribution in [2.24, 2.45) is 0 Å². The first kappa shape index (κ1) is 9.71. The third-order valence-corrected chi connectivity index (χ3v) is 2.32. The summed E-state index contributed by atoms with van der Waals surface area (Å²) < 4.78 is 14.4. The van der Waals surface area contributed by atoms with Crippen LogP contribution in [0.1, 0.15) is 0 Å². The van der Waals surface area contributed by atoms with Crippen molar-refractivity contribution in [3.05, 3.63) is 42.5 Å². The molecule has 3 aromatic rings. The van der Waals surface area contributed by atoms with Gasteiger partial charge < -0.3 is 5.73 Å². The van der Waals surface area contributed by atoms with E-state index in [1.807, 2.05) is 6.07 Å². The lowest BCUT2D eigenvalue weighted by molar-refractivity contribution is 0.615. The number of halogens is 1. The van der Waals surface area contributed by atoms with Gasteiger partial charge in [0.25, 0.3) is 0 Å². The molecule has 6 heteroatoms. The van der Waals surface area contributed by atoms with Gasteiger partial charge in [0.05, 0.1) is 11.9 Å². The number of fused-ring (bicyclic) bond motifs is 1. The van der Waals surface area contributed by atoms with Crippen molar-refractivity contribution in [2.45, 2.75) is 0 Å². The Morgan fingerprint density at radius 2 is 2.18 bits per heavy atom. The molecule has 0 aliphatic rings. The molecule has 3 heterocycles. The summed E-state index contributed by atoms with van der Waals surface area (Å²) in [5, 5.41) is 4.13. The smallest absolute Gasteiger partial charge is 0.200 e. The van der Waals surface area contributed by atoms with Gasteiger partial charge in [0.2, 0.25) is 5.82 Å². The maximum absolute atomic E-state index is 13.1. The molecule has 0 fully saturated rings. The normalized spacial score (nSPS) is 10.9. The number of anilines is 1. The molecule has 5 nitrogen and oxygen atoms in total. The summed E-state index contributed by atoms with van der Waals surface area (Å²) >= 11 is 0. The lowest BCUT2D eigenvalue weighted by Crippen LogP contribution is -1.95. The summed E-state index contributed by atoms with van der Waals surface area (Å²) in [6, 6.07) is 6.62. The zero-order chi connectivity index (χ0) is 11.8. The van der Waals surface area contributed by atoms with Crippen molar-refractivity contribution in [3.8, 4) is 11.5 Å². The van der Waals surface area contributed by atoms with E-state index < -0.39 is 5.82 Å². The average Bonchev–Trinajstić information content (AvgIpc) is 2.74. The quantitative estimate of drug-likeness (QED) is 0.686. The molecule has 0 radical (unpaired) electrons. The molecule has 0 spiro atoms. The third-order valence-electron chi connectivity index (χ3n) is 2.32. The zero-order valence-electron chi connectivity index (χ0n) is 8.71. The monoisotopic (exact) mass is 229 g/mol. The summed E-state index contributed by atoms with van der Waals surface area (Å²) in [5.74, 6) is -0.0321.